The number of esters is 1. The molecule has 2 fully saturated rings. The van der Waals surface area contributed by atoms with Crippen molar-refractivity contribution in [3.05, 3.63) is 35.9 Å². The summed E-state index contributed by atoms with van der Waals surface area (Å²) in [6.45, 7) is -0.852. The average Bonchev–Trinajstić information content (AvgIpc) is 2.86. The largest absolute Gasteiger partial charge is 0.450 e. The van der Waals surface area contributed by atoms with E-state index in [1.165, 1.54) is 33.5 Å². The molecule has 0 aliphatic carbocycles. The first-order valence-corrected chi connectivity index (χ1v) is 10.8. The summed E-state index contributed by atoms with van der Waals surface area (Å²) in [6.07, 6.45) is -11.5. The van der Waals surface area contributed by atoms with E-state index in [9.17, 15) is 25.2 Å². The SMILES string of the molecule is CO[C@@H]1[C@@H](OC)[C@@H](O)O[C@H](CO[C@H]2O[C@H](CO)[C@@H](O)[C@H](O)[C@@H]2OC(=O)c2ccccc2)[C@H]1OC. The molecule has 0 amide bonds. The lowest BCUT2D eigenvalue weighted by atomic mass is 9.98. The minimum absolute atomic E-state index is 0.221. The van der Waals surface area contributed by atoms with Crippen LogP contribution in [0.25, 0.3) is 0 Å². The fraction of sp³-hybridized carbons (Fsp3) is 0.682. The first kappa shape index (κ1) is 26.9. The second-order valence-corrected chi connectivity index (χ2v) is 7.94. The van der Waals surface area contributed by atoms with Gasteiger partial charge in [-0.3, -0.25) is 0 Å². The summed E-state index contributed by atoms with van der Waals surface area (Å²) in [5, 5.41) is 40.7. The lowest BCUT2D eigenvalue weighted by Crippen LogP contribution is -2.63. The number of hydrogen-bond donors (Lipinski definition) is 4. The van der Waals surface area contributed by atoms with Crippen LogP contribution < -0.4 is 0 Å². The summed E-state index contributed by atoms with van der Waals surface area (Å²) >= 11 is 0. The molecule has 2 heterocycles. The molecular weight excluding hydrogens is 456 g/mol. The third-order valence-electron chi connectivity index (χ3n) is 5.93. The first-order chi connectivity index (χ1) is 16.4. The van der Waals surface area contributed by atoms with Gasteiger partial charge in [0.05, 0.1) is 18.8 Å². The number of ether oxygens (including phenoxy) is 7. The maximum absolute atomic E-state index is 12.6. The molecule has 4 N–H and O–H groups in total. The highest BCUT2D eigenvalue weighted by Crippen LogP contribution is 2.29. The molecule has 2 aliphatic rings. The number of methoxy groups -OCH3 is 3. The van der Waals surface area contributed by atoms with Gasteiger partial charge in [-0.1, -0.05) is 18.2 Å². The molecule has 2 aliphatic heterocycles. The number of hydrogen-bond acceptors (Lipinski definition) is 12. The van der Waals surface area contributed by atoms with Crippen molar-refractivity contribution in [2.75, 3.05) is 34.5 Å². The molecule has 0 saturated carbocycles. The van der Waals surface area contributed by atoms with E-state index in [1.807, 2.05) is 0 Å². The van der Waals surface area contributed by atoms with Crippen molar-refractivity contribution < 1.29 is 58.4 Å². The van der Waals surface area contributed by atoms with Crippen molar-refractivity contribution in [1.29, 1.82) is 0 Å². The Labute approximate surface area is 196 Å². The smallest absolute Gasteiger partial charge is 0.338 e. The molecule has 0 bridgehead atoms. The molecule has 10 atom stereocenters. The molecule has 12 heteroatoms. The Hall–Kier alpha value is -1.71. The van der Waals surface area contributed by atoms with Crippen molar-refractivity contribution in [3.8, 4) is 0 Å². The lowest BCUT2D eigenvalue weighted by molar-refractivity contribution is -0.330. The molecule has 0 aromatic heterocycles. The quantitative estimate of drug-likeness (QED) is 0.296. The van der Waals surface area contributed by atoms with Gasteiger partial charge in [0.25, 0.3) is 0 Å². The molecule has 192 valence electrons. The van der Waals surface area contributed by atoms with Crippen LogP contribution in [0, 0.1) is 0 Å². The highest BCUT2D eigenvalue weighted by molar-refractivity contribution is 5.89. The van der Waals surface area contributed by atoms with E-state index in [0.29, 0.717) is 0 Å². The van der Waals surface area contributed by atoms with E-state index in [0.717, 1.165) is 0 Å². The highest BCUT2D eigenvalue weighted by atomic mass is 16.7. The van der Waals surface area contributed by atoms with E-state index in [4.69, 9.17) is 33.2 Å². The van der Waals surface area contributed by atoms with Crippen LogP contribution in [-0.4, -0.2) is 122 Å². The van der Waals surface area contributed by atoms with Gasteiger partial charge in [-0.2, -0.15) is 0 Å². The molecular formula is C22H32O12. The molecule has 34 heavy (non-hydrogen) atoms. The number of aliphatic hydroxyl groups is 4. The van der Waals surface area contributed by atoms with Gasteiger partial charge in [0.15, 0.2) is 18.7 Å². The monoisotopic (exact) mass is 488 g/mol. The predicted molar refractivity (Wildman–Crippen MR) is 113 cm³/mol. The molecule has 3 rings (SSSR count). The lowest BCUT2D eigenvalue weighted by Gasteiger charge is -2.44. The highest BCUT2D eigenvalue weighted by Gasteiger charge is 2.50. The van der Waals surface area contributed by atoms with Crippen LogP contribution in [0.5, 0.6) is 0 Å². The number of carbonyl (C=O) groups is 1. The van der Waals surface area contributed by atoms with Crippen LogP contribution >= 0.6 is 0 Å². The van der Waals surface area contributed by atoms with Gasteiger partial charge in [-0.25, -0.2) is 4.79 Å². The van der Waals surface area contributed by atoms with Crippen LogP contribution in [0.1, 0.15) is 10.4 Å². The van der Waals surface area contributed by atoms with Crippen LogP contribution in [0.3, 0.4) is 0 Å². The van der Waals surface area contributed by atoms with Gasteiger partial charge in [0.2, 0.25) is 0 Å². The second kappa shape index (κ2) is 12.3. The van der Waals surface area contributed by atoms with Crippen molar-refractivity contribution >= 4 is 5.97 Å². The van der Waals surface area contributed by atoms with E-state index < -0.39 is 74.0 Å². The Balaban J connectivity index is 1.75. The Morgan fingerprint density at radius 3 is 2.09 bits per heavy atom. The Bertz CT molecular complexity index is 764. The number of benzene rings is 1. The minimum Gasteiger partial charge on any atom is -0.450 e. The van der Waals surface area contributed by atoms with Crippen molar-refractivity contribution in [3.63, 3.8) is 0 Å². The summed E-state index contributed by atoms with van der Waals surface area (Å²) < 4.78 is 38.5. The van der Waals surface area contributed by atoms with E-state index in [-0.39, 0.29) is 12.2 Å². The number of rotatable bonds is 9. The maximum atomic E-state index is 12.6. The summed E-state index contributed by atoms with van der Waals surface area (Å²) in [6, 6.07) is 8.07. The Morgan fingerprint density at radius 1 is 0.853 bits per heavy atom. The zero-order valence-corrected chi connectivity index (χ0v) is 19.1. The molecule has 1 aromatic carbocycles. The van der Waals surface area contributed by atoms with E-state index in [1.54, 1.807) is 18.2 Å². The van der Waals surface area contributed by atoms with Gasteiger partial charge in [0, 0.05) is 21.3 Å². The predicted octanol–water partition coefficient (Wildman–Crippen LogP) is -1.57. The fourth-order valence-corrected chi connectivity index (χ4v) is 4.10. The maximum Gasteiger partial charge on any atom is 0.338 e. The van der Waals surface area contributed by atoms with Crippen molar-refractivity contribution in [1.82, 2.24) is 0 Å². The van der Waals surface area contributed by atoms with E-state index in [2.05, 4.69) is 0 Å². The van der Waals surface area contributed by atoms with Gasteiger partial charge >= 0.3 is 5.97 Å². The van der Waals surface area contributed by atoms with Crippen LogP contribution in [0.15, 0.2) is 30.3 Å². The summed E-state index contributed by atoms with van der Waals surface area (Å²) in [5.41, 5.74) is 0.221. The molecule has 0 spiro atoms. The standard InChI is InChI=1S/C22H32O12/c1-28-16-13(32-21(27)19(30-3)18(16)29-2)10-31-22-17(15(25)14(24)12(9-23)33-22)34-20(26)11-7-5-4-6-8-11/h4-8,12-19,21-25,27H,9-10H2,1-3H3/t12-,13-,14-,15+,16-,17+,18+,19-,21+,22+/m1/s1. The summed E-state index contributed by atoms with van der Waals surface area (Å²) in [7, 11) is 4.27. The molecule has 12 nitrogen and oxygen atoms in total. The van der Waals surface area contributed by atoms with Gasteiger partial charge in [-0.05, 0) is 12.1 Å². The van der Waals surface area contributed by atoms with Crippen molar-refractivity contribution in [2.45, 2.75) is 61.4 Å². The van der Waals surface area contributed by atoms with Gasteiger partial charge in [-0.15, -0.1) is 0 Å². The third-order valence-corrected chi connectivity index (χ3v) is 5.93. The Morgan fingerprint density at radius 2 is 1.50 bits per heavy atom. The normalized spacial score (nSPS) is 38.4. The minimum atomic E-state index is -1.61. The number of aliphatic hydroxyl groups excluding tert-OH is 4. The molecule has 1 aromatic rings. The molecule has 0 radical (unpaired) electrons. The zero-order chi connectivity index (χ0) is 24.8. The van der Waals surface area contributed by atoms with E-state index >= 15 is 0 Å². The molecule has 0 unspecified atom stereocenters. The molecule has 2 saturated heterocycles. The number of carbonyl (C=O) groups excluding carboxylic acids is 1. The van der Waals surface area contributed by atoms with Crippen LogP contribution in [0.2, 0.25) is 0 Å². The van der Waals surface area contributed by atoms with Crippen LogP contribution in [0.4, 0.5) is 0 Å². The first-order valence-electron chi connectivity index (χ1n) is 10.8. The van der Waals surface area contributed by atoms with Crippen LogP contribution in [-0.2, 0) is 33.2 Å². The second-order valence-electron chi connectivity index (χ2n) is 7.94. The van der Waals surface area contributed by atoms with Gasteiger partial charge < -0.3 is 53.6 Å². The third kappa shape index (κ3) is 5.74. The zero-order valence-electron chi connectivity index (χ0n) is 19.1. The fourth-order valence-electron chi connectivity index (χ4n) is 4.10. The average molecular weight is 488 g/mol. The summed E-state index contributed by atoms with van der Waals surface area (Å²) in [4.78, 5) is 12.6. The van der Waals surface area contributed by atoms with Crippen molar-refractivity contribution in [2.24, 2.45) is 0 Å². The van der Waals surface area contributed by atoms with Gasteiger partial charge in [0.1, 0.15) is 42.7 Å². The topological polar surface area (TPSA) is 163 Å². The Kier molecular flexibility index (Phi) is 9.74. The summed E-state index contributed by atoms with van der Waals surface area (Å²) in [5.74, 6) is -0.766.